The molecular weight excluding hydrogens is 337 g/mol. The Kier molecular flexibility index (Phi) is 4.02. The fourth-order valence-electron chi connectivity index (χ4n) is 3.41. The second-order valence-corrected chi connectivity index (χ2v) is 6.51. The minimum atomic E-state index is -0.446. The second kappa shape index (κ2) is 6.36. The number of carbonyl (C=O) groups is 1. The van der Waals surface area contributed by atoms with E-state index in [2.05, 4.69) is 19.9 Å². The number of benzene rings is 1. The van der Waals surface area contributed by atoms with E-state index in [1.165, 1.54) is 18.3 Å². The fourth-order valence-corrected chi connectivity index (χ4v) is 3.41. The predicted molar refractivity (Wildman–Crippen MR) is 93.3 cm³/mol. The molecule has 0 spiro atoms. The van der Waals surface area contributed by atoms with Crippen LogP contribution < -0.4 is 5.56 Å². The number of likely N-dealkylation sites (tertiary alicyclic amines) is 1. The average molecular weight is 355 g/mol. The van der Waals surface area contributed by atoms with Crippen LogP contribution in [0.2, 0.25) is 0 Å². The minimum Gasteiger partial charge on any atom is -0.340 e. The number of hydrogen-bond donors (Lipinski definition) is 2. The number of imidazole rings is 1. The first-order valence-electron chi connectivity index (χ1n) is 8.55. The predicted octanol–water partition coefficient (Wildman–Crippen LogP) is 2.46. The van der Waals surface area contributed by atoms with E-state index in [9.17, 15) is 14.0 Å². The van der Waals surface area contributed by atoms with E-state index >= 15 is 0 Å². The van der Waals surface area contributed by atoms with E-state index in [1.54, 1.807) is 17.9 Å². The van der Waals surface area contributed by atoms with Crippen molar-refractivity contribution in [3.63, 3.8) is 0 Å². The third kappa shape index (κ3) is 2.87. The van der Waals surface area contributed by atoms with Gasteiger partial charge in [0.2, 0.25) is 0 Å². The molecule has 7 nitrogen and oxygen atoms in total. The van der Waals surface area contributed by atoms with Crippen molar-refractivity contribution >= 4 is 16.9 Å². The topological polar surface area (TPSA) is 94.7 Å². The van der Waals surface area contributed by atoms with Crippen molar-refractivity contribution in [1.29, 1.82) is 0 Å². The van der Waals surface area contributed by atoms with Gasteiger partial charge in [-0.2, -0.15) is 0 Å². The van der Waals surface area contributed by atoms with E-state index in [1.807, 2.05) is 0 Å². The maximum atomic E-state index is 13.4. The Morgan fingerprint density at radius 2 is 2.15 bits per heavy atom. The van der Waals surface area contributed by atoms with E-state index in [0.717, 1.165) is 19.3 Å². The summed E-state index contributed by atoms with van der Waals surface area (Å²) in [6, 6.07) is 4.06. The third-order valence-corrected chi connectivity index (χ3v) is 4.70. The van der Waals surface area contributed by atoms with E-state index in [0.29, 0.717) is 29.2 Å². The summed E-state index contributed by atoms with van der Waals surface area (Å²) < 4.78 is 13.4. The summed E-state index contributed by atoms with van der Waals surface area (Å²) in [7, 11) is 0. The van der Waals surface area contributed by atoms with Crippen LogP contribution in [0.25, 0.3) is 11.0 Å². The van der Waals surface area contributed by atoms with Gasteiger partial charge < -0.3 is 14.9 Å². The van der Waals surface area contributed by atoms with Gasteiger partial charge in [-0.15, -0.1) is 0 Å². The number of rotatable bonds is 2. The SMILES string of the molecule is Cc1ncc(C(=O)N2CCCC[C@@H]2c2nc3ccc(F)cc3[nH]2)c(=O)[nH]1. The Labute approximate surface area is 148 Å². The highest BCUT2D eigenvalue weighted by molar-refractivity contribution is 5.94. The zero-order valence-electron chi connectivity index (χ0n) is 14.3. The first kappa shape index (κ1) is 16.4. The van der Waals surface area contributed by atoms with E-state index in [4.69, 9.17) is 0 Å². The summed E-state index contributed by atoms with van der Waals surface area (Å²) in [6.07, 6.45) is 3.85. The lowest BCUT2D eigenvalue weighted by Gasteiger charge is -2.34. The summed E-state index contributed by atoms with van der Waals surface area (Å²) in [5.74, 6) is 0.354. The van der Waals surface area contributed by atoms with Crippen LogP contribution in [-0.4, -0.2) is 37.3 Å². The number of piperidine rings is 1. The quantitative estimate of drug-likeness (QED) is 0.738. The van der Waals surface area contributed by atoms with Gasteiger partial charge in [0.25, 0.3) is 11.5 Å². The van der Waals surface area contributed by atoms with E-state index < -0.39 is 5.56 Å². The lowest BCUT2D eigenvalue weighted by atomic mass is 10.0. The van der Waals surface area contributed by atoms with Crippen LogP contribution in [0.1, 0.15) is 47.3 Å². The number of hydrogen-bond acceptors (Lipinski definition) is 4. The Bertz CT molecular complexity index is 1040. The minimum absolute atomic E-state index is 0.0182. The molecule has 0 saturated carbocycles. The molecular formula is C18H18FN5O2. The number of aromatic amines is 2. The van der Waals surface area contributed by atoms with Gasteiger partial charge in [-0.3, -0.25) is 9.59 Å². The van der Waals surface area contributed by atoms with Gasteiger partial charge in [0.1, 0.15) is 23.0 Å². The smallest absolute Gasteiger partial charge is 0.263 e. The zero-order valence-corrected chi connectivity index (χ0v) is 14.3. The number of amides is 1. The fraction of sp³-hybridized carbons (Fsp3) is 0.333. The molecule has 3 heterocycles. The van der Waals surface area contributed by atoms with Crippen LogP contribution in [0.4, 0.5) is 4.39 Å². The van der Waals surface area contributed by atoms with Gasteiger partial charge in [0.05, 0.1) is 17.1 Å². The lowest BCUT2D eigenvalue weighted by Crippen LogP contribution is -2.41. The normalized spacial score (nSPS) is 17.6. The maximum Gasteiger partial charge on any atom is 0.263 e. The van der Waals surface area contributed by atoms with Gasteiger partial charge in [-0.25, -0.2) is 14.4 Å². The molecule has 8 heteroatoms. The Hall–Kier alpha value is -3.03. The number of fused-ring (bicyclic) bond motifs is 1. The lowest BCUT2D eigenvalue weighted by molar-refractivity contribution is 0.0599. The molecule has 1 atom stereocenters. The summed E-state index contributed by atoms with van der Waals surface area (Å²) in [6.45, 7) is 2.19. The largest absolute Gasteiger partial charge is 0.340 e. The van der Waals surface area contributed by atoms with Crippen LogP contribution >= 0.6 is 0 Å². The molecule has 0 radical (unpaired) electrons. The van der Waals surface area contributed by atoms with Crippen molar-refractivity contribution in [1.82, 2.24) is 24.8 Å². The van der Waals surface area contributed by atoms with Crippen molar-refractivity contribution < 1.29 is 9.18 Å². The van der Waals surface area contributed by atoms with Gasteiger partial charge in [-0.1, -0.05) is 0 Å². The second-order valence-electron chi connectivity index (χ2n) is 6.51. The van der Waals surface area contributed by atoms with E-state index in [-0.39, 0.29) is 23.3 Å². The summed E-state index contributed by atoms with van der Waals surface area (Å²) in [4.78, 5) is 41.0. The number of halogens is 1. The molecule has 3 aromatic rings. The van der Waals surface area contributed by atoms with Crippen LogP contribution in [0.3, 0.4) is 0 Å². The number of aromatic nitrogens is 4. The van der Waals surface area contributed by atoms with Gasteiger partial charge in [0, 0.05) is 12.7 Å². The number of aryl methyl sites for hydroxylation is 1. The van der Waals surface area contributed by atoms with Crippen molar-refractivity contribution in [3.05, 3.63) is 57.8 Å². The van der Waals surface area contributed by atoms with Gasteiger partial charge in [0.15, 0.2) is 0 Å². The molecule has 1 aliphatic rings. The number of H-pyrrole nitrogens is 2. The Balaban J connectivity index is 1.71. The van der Waals surface area contributed by atoms with Crippen molar-refractivity contribution in [2.45, 2.75) is 32.2 Å². The van der Waals surface area contributed by atoms with Crippen LogP contribution in [0, 0.1) is 12.7 Å². The van der Waals surface area contributed by atoms with Crippen LogP contribution in [0.5, 0.6) is 0 Å². The summed E-state index contributed by atoms with van der Waals surface area (Å²) >= 11 is 0. The molecule has 0 unspecified atom stereocenters. The summed E-state index contributed by atoms with van der Waals surface area (Å²) in [5.41, 5.74) is 0.810. The highest BCUT2D eigenvalue weighted by atomic mass is 19.1. The monoisotopic (exact) mass is 355 g/mol. The molecule has 1 saturated heterocycles. The zero-order chi connectivity index (χ0) is 18.3. The van der Waals surface area contributed by atoms with Crippen molar-refractivity contribution in [2.75, 3.05) is 6.54 Å². The molecule has 1 fully saturated rings. The Morgan fingerprint density at radius 1 is 1.31 bits per heavy atom. The standard InChI is InChI=1S/C18H18FN5O2/c1-10-20-9-12(17(25)21-10)18(26)24-7-3-2-4-15(24)16-22-13-6-5-11(19)8-14(13)23-16/h5-6,8-9,15H,2-4,7H2,1H3,(H,22,23)(H,20,21,25)/t15-/m1/s1. The van der Waals surface area contributed by atoms with Crippen LogP contribution in [0.15, 0.2) is 29.2 Å². The summed E-state index contributed by atoms with van der Waals surface area (Å²) in [5, 5.41) is 0. The molecule has 1 aliphatic heterocycles. The van der Waals surface area contributed by atoms with Crippen molar-refractivity contribution in [3.8, 4) is 0 Å². The first-order chi connectivity index (χ1) is 12.5. The number of nitrogens with one attached hydrogen (secondary N) is 2. The Morgan fingerprint density at radius 3 is 2.96 bits per heavy atom. The molecule has 26 heavy (non-hydrogen) atoms. The number of carbonyl (C=O) groups excluding carboxylic acids is 1. The molecule has 0 bridgehead atoms. The average Bonchev–Trinajstić information content (AvgIpc) is 3.04. The maximum absolute atomic E-state index is 13.4. The van der Waals surface area contributed by atoms with Crippen LogP contribution in [-0.2, 0) is 0 Å². The molecule has 4 rings (SSSR count). The molecule has 1 aromatic carbocycles. The van der Waals surface area contributed by atoms with Gasteiger partial charge >= 0.3 is 0 Å². The highest BCUT2D eigenvalue weighted by Gasteiger charge is 2.32. The molecule has 2 aromatic heterocycles. The molecule has 134 valence electrons. The third-order valence-electron chi connectivity index (χ3n) is 4.70. The van der Waals surface area contributed by atoms with Crippen molar-refractivity contribution in [2.24, 2.45) is 0 Å². The highest BCUT2D eigenvalue weighted by Crippen LogP contribution is 2.31. The number of nitrogens with zero attached hydrogens (tertiary/aromatic N) is 3. The van der Waals surface area contributed by atoms with Gasteiger partial charge in [-0.05, 0) is 44.4 Å². The molecule has 0 aliphatic carbocycles. The first-order valence-corrected chi connectivity index (χ1v) is 8.55. The molecule has 2 N–H and O–H groups in total. The molecule has 1 amide bonds.